The molecule has 0 saturated carbocycles. The SMILES string of the molecule is Cc1cnc(CCl)c(C(F)F)c1C#N. The molecule has 1 aromatic heterocycles. The molecule has 1 rings (SSSR count). The van der Waals surface area contributed by atoms with Crippen LogP contribution in [0, 0.1) is 18.3 Å². The highest BCUT2D eigenvalue weighted by atomic mass is 35.5. The molecule has 0 N–H and O–H groups in total. The van der Waals surface area contributed by atoms with Gasteiger partial charge < -0.3 is 0 Å². The summed E-state index contributed by atoms with van der Waals surface area (Å²) < 4.78 is 25.2. The first-order valence-corrected chi connectivity index (χ1v) is 4.37. The molecule has 0 amide bonds. The third kappa shape index (κ3) is 1.83. The standard InChI is InChI=1S/C9H7ClF2N2/c1-5-4-14-7(2-10)8(9(11)12)6(5)3-13/h4,9H,2H2,1H3. The van der Waals surface area contributed by atoms with E-state index in [-0.39, 0.29) is 22.7 Å². The van der Waals surface area contributed by atoms with E-state index in [0.29, 0.717) is 5.56 Å². The van der Waals surface area contributed by atoms with Gasteiger partial charge in [-0.15, -0.1) is 11.6 Å². The number of aromatic nitrogens is 1. The second-order valence-electron chi connectivity index (χ2n) is 2.72. The first kappa shape index (κ1) is 10.9. The Bertz CT molecular complexity index is 385. The molecule has 14 heavy (non-hydrogen) atoms. The van der Waals surface area contributed by atoms with Crippen LogP contribution in [0.4, 0.5) is 8.78 Å². The van der Waals surface area contributed by atoms with Crippen molar-refractivity contribution in [3.05, 3.63) is 28.6 Å². The molecule has 0 saturated heterocycles. The molecular weight excluding hydrogens is 210 g/mol. The van der Waals surface area contributed by atoms with E-state index in [9.17, 15) is 8.78 Å². The van der Waals surface area contributed by atoms with Crippen LogP contribution in [0.15, 0.2) is 6.20 Å². The van der Waals surface area contributed by atoms with Crippen LogP contribution < -0.4 is 0 Å². The third-order valence-electron chi connectivity index (χ3n) is 1.85. The summed E-state index contributed by atoms with van der Waals surface area (Å²) in [6, 6.07) is 1.74. The zero-order valence-electron chi connectivity index (χ0n) is 7.39. The molecule has 5 heteroatoms. The van der Waals surface area contributed by atoms with Crippen LogP contribution in [-0.4, -0.2) is 4.98 Å². The van der Waals surface area contributed by atoms with Gasteiger partial charge in [0.25, 0.3) is 6.43 Å². The predicted molar refractivity (Wildman–Crippen MR) is 48.2 cm³/mol. The van der Waals surface area contributed by atoms with E-state index in [1.54, 1.807) is 13.0 Å². The Hall–Kier alpha value is -1.21. The molecule has 0 spiro atoms. The molecule has 0 aliphatic carbocycles. The van der Waals surface area contributed by atoms with Crippen LogP contribution in [0.1, 0.15) is 28.8 Å². The summed E-state index contributed by atoms with van der Waals surface area (Å²) in [5, 5.41) is 8.71. The van der Waals surface area contributed by atoms with Crippen molar-refractivity contribution < 1.29 is 8.78 Å². The van der Waals surface area contributed by atoms with Gasteiger partial charge in [-0.1, -0.05) is 0 Å². The highest BCUT2D eigenvalue weighted by Gasteiger charge is 2.20. The van der Waals surface area contributed by atoms with Crippen molar-refractivity contribution in [1.82, 2.24) is 4.98 Å². The van der Waals surface area contributed by atoms with Crippen molar-refractivity contribution in [1.29, 1.82) is 5.26 Å². The van der Waals surface area contributed by atoms with Crippen molar-refractivity contribution in [3.63, 3.8) is 0 Å². The number of halogens is 3. The van der Waals surface area contributed by atoms with E-state index < -0.39 is 6.43 Å². The van der Waals surface area contributed by atoms with Crippen molar-refractivity contribution >= 4 is 11.6 Å². The molecular formula is C9H7ClF2N2. The highest BCUT2D eigenvalue weighted by molar-refractivity contribution is 6.17. The molecule has 0 fully saturated rings. The molecule has 0 aliphatic rings. The molecule has 0 unspecified atom stereocenters. The second kappa shape index (κ2) is 4.34. The lowest BCUT2D eigenvalue weighted by atomic mass is 10.0. The van der Waals surface area contributed by atoms with Gasteiger partial charge >= 0.3 is 0 Å². The fourth-order valence-corrected chi connectivity index (χ4v) is 1.37. The van der Waals surface area contributed by atoms with E-state index in [1.807, 2.05) is 0 Å². The largest absolute Gasteiger partial charge is 0.266 e. The summed E-state index contributed by atoms with van der Waals surface area (Å²) in [5.41, 5.74) is 0.147. The monoisotopic (exact) mass is 216 g/mol. The molecule has 1 aromatic rings. The zero-order chi connectivity index (χ0) is 10.7. The number of hydrogen-bond acceptors (Lipinski definition) is 2. The summed E-state index contributed by atoms with van der Waals surface area (Å²) in [5.74, 6) is -0.116. The van der Waals surface area contributed by atoms with Crippen LogP contribution in [0.5, 0.6) is 0 Å². The first-order valence-electron chi connectivity index (χ1n) is 3.84. The molecule has 0 bridgehead atoms. The van der Waals surface area contributed by atoms with Crippen molar-refractivity contribution in [2.45, 2.75) is 19.2 Å². The van der Waals surface area contributed by atoms with Crippen LogP contribution in [0.25, 0.3) is 0 Å². The second-order valence-corrected chi connectivity index (χ2v) is 2.99. The van der Waals surface area contributed by atoms with Gasteiger partial charge in [-0.05, 0) is 12.5 Å². The lowest BCUT2D eigenvalue weighted by Gasteiger charge is -2.08. The number of nitriles is 1. The predicted octanol–water partition coefficient (Wildman–Crippen LogP) is 2.94. The van der Waals surface area contributed by atoms with Crippen LogP contribution in [0.2, 0.25) is 0 Å². The number of alkyl halides is 3. The van der Waals surface area contributed by atoms with Crippen molar-refractivity contribution in [2.24, 2.45) is 0 Å². The number of pyridine rings is 1. The zero-order valence-corrected chi connectivity index (χ0v) is 8.15. The number of nitrogens with zero attached hydrogens (tertiary/aromatic N) is 2. The Morgan fingerprint density at radius 1 is 1.64 bits per heavy atom. The van der Waals surface area contributed by atoms with Gasteiger partial charge in [-0.25, -0.2) is 8.78 Å². The Morgan fingerprint density at radius 2 is 2.29 bits per heavy atom. The van der Waals surface area contributed by atoms with Gasteiger partial charge in [0.15, 0.2) is 0 Å². The Labute approximate surface area is 85.1 Å². The average Bonchev–Trinajstić information content (AvgIpc) is 2.17. The summed E-state index contributed by atoms with van der Waals surface area (Å²) in [6.07, 6.45) is -1.34. The maximum Gasteiger partial charge on any atom is 0.266 e. The number of hydrogen-bond donors (Lipinski definition) is 0. The lowest BCUT2D eigenvalue weighted by molar-refractivity contribution is 0.149. The maximum absolute atomic E-state index is 12.6. The van der Waals surface area contributed by atoms with Crippen LogP contribution in [-0.2, 0) is 5.88 Å². The summed E-state index contributed by atoms with van der Waals surface area (Å²) in [7, 11) is 0. The van der Waals surface area contributed by atoms with E-state index in [0.717, 1.165) is 0 Å². The highest BCUT2D eigenvalue weighted by Crippen LogP contribution is 2.27. The quantitative estimate of drug-likeness (QED) is 0.713. The van der Waals surface area contributed by atoms with Crippen molar-refractivity contribution in [3.8, 4) is 6.07 Å². The van der Waals surface area contributed by atoms with Gasteiger partial charge in [0.1, 0.15) is 6.07 Å². The maximum atomic E-state index is 12.6. The summed E-state index contributed by atoms with van der Waals surface area (Å²) in [4.78, 5) is 3.76. The van der Waals surface area contributed by atoms with E-state index >= 15 is 0 Å². The molecule has 0 atom stereocenters. The Balaban J connectivity index is 3.46. The minimum atomic E-state index is -2.72. The topological polar surface area (TPSA) is 36.7 Å². The van der Waals surface area contributed by atoms with Crippen molar-refractivity contribution in [2.75, 3.05) is 0 Å². The molecule has 0 radical (unpaired) electrons. The normalized spacial score (nSPS) is 10.3. The van der Waals surface area contributed by atoms with Gasteiger partial charge in [-0.2, -0.15) is 5.26 Å². The third-order valence-corrected chi connectivity index (χ3v) is 2.10. The number of rotatable bonds is 2. The smallest absolute Gasteiger partial charge is 0.259 e. The molecule has 2 nitrogen and oxygen atoms in total. The molecule has 1 heterocycles. The average molecular weight is 217 g/mol. The minimum Gasteiger partial charge on any atom is -0.259 e. The Kier molecular flexibility index (Phi) is 3.37. The van der Waals surface area contributed by atoms with Gasteiger partial charge in [0, 0.05) is 6.20 Å². The molecule has 0 aliphatic heterocycles. The minimum absolute atomic E-state index is 0.0225. The number of aryl methyl sites for hydroxylation is 1. The van der Waals surface area contributed by atoms with E-state index in [2.05, 4.69) is 4.98 Å². The lowest BCUT2D eigenvalue weighted by Crippen LogP contribution is -2.02. The van der Waals surface area contributed by atoms with E-state index in [1.165, 1.54) is 6.20 Å². The van der Waals surface area contributed by atoms with E-state index in [4.69, 9.17) is 16.9 Å². The molecule has 74 valence electrons. The summed E-state index contributed by atoms with van der Waals surface area (Å²) >= 11 is 5.45. The fourth-order valence-electron chi connectivity index (χ4n) is 1.16. The van der Waals surface area contributed by atoms with Crippen LogP contribution >= 0.6 is 11.6 Å². The Morgan fingerprint density at radius 3 is 2.71 bits per heavy atom. The first-order chi connectivity index (χ1) is 6.61. The fraction of sp³-hybridized carbons (Fsp3) is 0.333. The van der Waals surface area contributed by atoms with Gasteiger partial charge in [0.05, 0.1) is 22.7 Å². The van der Waals surface area contributed by atoms with Gasteiger partial charge in [0.2, 0.25) is 0 Å². The summed E-state index contributed by atoms with van der Waals surface area (Å²) in [6.45, 7) is 1.56. The van der Waals surface area contributed by atoms with Gasteiger partial charge in [-0.3, -0.25) is 4.98 Å². The molecule has 0 aromatic carbocycles. The van der Waals surface area contributed by atoms with Crippen LogP contribution in [0.3, 0.4) is 0 Å².